The van der Waals surface area contributed by atoms with Crippen molar-refractivity contribution in [1.82, 2.24) is 0 Å². The summed E-state index contributed by atoms with van der Waals surface area (Å²) in [5.74, 6) is -1.23. The third kappa shape index (κ3) is 4.03. The van der Waals surface area contributed by atoms with Gasteiger partial charge in [0.1, 0.15) is 22.8 Å². The smallest absolute Gasteiger partial charge is 0.170 e. The molecule has 1 aromatic carbocycles. The number of aromatic hydroxyl groups is 3. The summed E-state index contributed by atoms with van der Waals surface area (Å²) in [6, 6.07) is 1.13. The van der Waals surface area contributed by atoms with Crippen LogP contribution in [0.25, 0.3) is 5.57 Å². The van der Waals surface area contributed by atoms with Crippen molar-refractivity contribution in [2.75, 3.05) is 0 Å². The average molecular weight is 306 g/mol. The van der Waals surface area contributed by atoms with E-state index in [-0.39, 0.29) is 40.6 Å². The monoisotopic (exact) mass is 306 g/mol. The maximum atomic E-state index is 12.3. The van der Waals surface area contributed by atoms with Gasteiger partial charge in [-0.25, -0.2) is 0 Å². The van der Waals surface area contributed by atoms with Gasteiger partial charge >= 0.3 is 0 Å². The molecule has 0 aliphatic heterocycles. The number of rotatable bonds is 7. The molecule has 4 heteroatoms. The van der Waals surface area contributed by atoms with Gasteiger partial charge in [-0.1, -0.05) is 31.8 Å². The first-order chi connectivity index (χ1) is 10.3. The first kappa shape index (κ1) is 18.1. The summed E-state index contributed by atoms with van der Waals surface area (Å²) >= 11 is 0. The molecule has 0 unspecified atom stereocenters. The van der Waals surface area contributed by atoms with E-state index in [0.29, 0.717) is 5.57 Å². The van der Waals surface area contributed by atoms with Gasteiger partial charge in [-0.3, -0.25) is 4.79 Å². The van der Waals surface area contributed by atoms with Crippen LogP contribution in [0.5, 0.6) is 17.2 Å². The normalized spacial score (nSPS) is 10.5. The molecule has 0 aromatic heterocycles. The summed E-state index contributed by atoms with van der Waals surface area (Å²) in [5, 5.41) is 30.3. The van der Waals surface area contributed by atoms with Gasteiger partial charge in [-0.15, -0.1) is 0 Å². The predicted octanol–water partition coefficient (Wildman–Crippen LogP) is 4.77. The number of carbonyl (C=O) groups is 1. The van der Waals surface area contributed by atoms with Gasteiger partial charge in [0.15, 0.2) is 5.78 Å². The fourth-order valence-corrected chi connectivity index (χ4v) is 2.37. The Morgan fingerprint density at radius 1 is 0.955 bits per heavy atom. The Labute approximate surface area is 132 Å². The summed E-state index contributed by atoms with van der Waals surface area (Å²) in [6.45, 7) is 7.56. The number of benzene rings is 1. The van der Waals surface area contributed by atoms with Gasteiger partial charge in [0.05, 0.1) is 5.56 Å². The highest BCUT2D eigenvalue weighted by atomic mass is 16.3. The Morgan fingerprint density at radius 2 is 1.55 bits per heavy atom. The van der Waals surface area contributed by atoms with Crippen molar-refractivity contribution in [1.29, 1.82) is 0 Å². The Hall–Kier alpha value is -1.97. The molecule has 1 rings (SSSR count). The van der Waals surface area contributed by atoms with E-state index in [9.17, 15) is 20.1 Å². The molecule has 0 spiro atoms. The van der Waals surface area contributed by atoms with Crippen molar-refractivity contribution in [2.45, 2.75) is 59.8 Å². The zero-order valence-electron chi connectivity index (χ0n) is 13.9. The van der Waals surface area contributed by atoms with Crippen LogP contribution in [-0.4, -0.2) is 21.1 Å². The van der Waals surface area contributed by atoms with E-state index < -0.39 is 0 Å². The highest BCUT2D eigenvalue weighted by molar-refractivity contribution is 6.03. The Balaban J connectivity index is 3.18. The fraction of sp³-hybridized carbons (Fsp3) is 0.500. The van der Waals surface area contributed by atoms with Crippen LogP contribution in [-0.2, 0) is 0 Å². The molecule has 0 heterocycles. The predicted molar refractivity (Wildman–Crippen MR) is 88.5 cm³/mol. The van der Waals surface area contributed by atoms with E-state index in [1.54, 1.807) is 6.92 Å². The number of hydrogen-bond donors (Lipinski definition) is 3. The number of carbonyl (C=O) groups excluding carboxylic acids is 1. The summed E-state index contributed by atoms with van der Waals surface area (Å²) < 4.78 is 0. The number of phenolic OH excluding ortho intramolecular Hbond substituents is 3. The van der Waals surface area contributed by atoms with E-state index in [4.69, 9.17) is 0 Å². The molecule has 0 amide bonds. The van der Waals surface area contributed by atoms with Crippen LogP contribution >= 0.6 is 0 Å². The van der Waals surface area contributed by atoms with Crippen LogP contribution < -0.4 is 0 Å². The van der Waals surface area contributed by atoms with Crippen LogP contribution in [0.3, 0.4) is 0 Å². The molecular formula is C18H26O4. The second-order valence-corrected chi connectivity index (χ2v) is 5.87. The fourth-order valence-electron chi connectivity index (χ4n) is 2.37. The molecule has 0 fully saturated rings. The van der Waals surface area contributed by atoms with Crippen LogP contribution in [0, 0.1) is 0 Å². The lowest BCUT2D eigenvalue weighted by atomic mass is 9.94. The number of allylic oxidation sites excluding steroid dienone is 2. The molecule has 0 saturated carbocycles. The summed E-state index contributed by atoms with van der Waals surface area (Å²) in [5.41, 5.74) is 1.73. The topological polar surface area (TPSA) is 77.8 Å². The molecule has 3 N–H and O–H groups in total. The molecule has 0 aliphatic rings. The molecule has 0 bridgehead atoms. The molecule has 0 aliphatic carbocycles. The molecule has 1 aromatic rings. The molecule has 22 heavy (non-hydrogen) atoms. The average Bonchev–Trinajstić information content (AvgIpc) is 2.42. The lowest BCUT2D eigenvalue weighted by Crippen LogP contribution is -2.02. The van der Waals surface area contributed by atoms with E-state index in [2.05, 4.69) is 6.92 Å². The quantitative estimate of drug-likeness (QED) is 0.501. The summed E-state index contributed by atoms with van der Waals surface area (Å²) in [7, 11) is 0. The Bertz CT molecular complexity index is 581. The molecule has 0 radical (unpaired) electrons. The van der Waals surface area contributed by atoms with E-state index in [1.807, 2.05) is 13.8 Å². The third-order valence-corrected chi connectivity index (χ3v) is 3.92. The first-order valence-corrected chi connectivity index (χ1v) is 7.76. The first-order valence-electron chi connectivity index (χ1n) is 7.76. The summed E-state index contributed by atoms with van der Waals surface area (Å²) in [6.07, 6.45) is 4.08. The van der Waals surface area contributed by atoms with Crippen LogP contribution in [0.15, 0.2) is 11.6 Å². The van der Waals surface area contributed by atoms with Gasteiger partial charge in [-0.2, -0.15) is 0 Å². The lowest BCUT2D eigenvalue weighted by molar-refractivity contribution is 0.0973. The molecular weight excluding hydrogens is 280 g/mol. The van der Waals surface area contributed by atoms with Gasteiger partial charge in [0.2, 0.25) is 0 Å². The number of Topliss-reactive ketones (excluding diaryl/α,β-unsaturated/α-hetero) is 1. The van der Waals surface area contributed by atoms with Gasteiger partial charge in [0, 0.05) is 12.5 Å². The largest absolute Gasteiger partial charge is 0.507 e. The second-order valence-electron chi connectivity index (χ2n) is 5.87. The van der Waals surface area contributed by atoms with E-state index in [0.717, 1.165) is 37.3 Å². The molecule has 0 atom stereocenters. The highest BCUT2D eigenvalue weighted by Gasteiger charge is 2.23. The zero-order chi connectivity index (χ0) is 16.9. The molecule has 0 saturated heterocycles. The van der Waals surface area contributed by atoms with Crippen molar-refractivity contribution in [3.05, 3.63) is 22.8 Å². The highest BCUT2D eigenvalue weighted by Crippen LogP contribution is 2.42. The zero-order valence-corrected chi connectivity index (χ0v) is 13.9. The van der Waals surface area contributed by atoms with Crippen molar-refractivity contribution >= 4 is 11.4 Å². The standard InChI is InChI=1S/C18H26O4/c1-5-6-7-8-9-13(19)17-15(21)10-14(20)16(18(17)22)12(4)11(2)3/h10,20-22H,5-9H2,1-4H3. The Kier molecular flexibility index (Phi) is 6.47. The minimum Gasteiger partial charge on any atom is -0.507 e. The maximum absolute atomic E-state index is 12.3. The van der Waals surface area contributed by atoms with Crippen LogP contribution in [0.4, 0.5) is 0 Å². The van der Waals surface area contributed by atoms with E-state index in [1.165, 1.54) is 0 Å². The van der Waals surface area contributed by atoms with E-state index >= 15 is 0 Å². The van der Waals surface area contributed by atoms with Crippen molar-refractivity contribution in [2.24, 2.45) is 0 Å². The number of phenols is 3. The lowest BCUT2D eigenvalue weighted by Gasteiger charge is -2.14. The summed E-state index contributed by atoms with van der Waals surface area (Å²) in [4.78, 5) is 12.3. The minimum atomic E-state index is -0.374. The van der Waals surface area contributed by atoms with Crippen molar-refractivity contribution < 1.29 is 20.1 Å². The number of unbranched alkanes of at least 4 members (excludes halogenated alkanes) is 3. The molecule has 4 nitrogen and oxygen atoms in total. The number of ketones is 1. The van der Waals surface area contributed by atoms with Gasteiger partial charge < -0.3 is 15.3 Å². The van der Waals surface area contributed by atoms with Gasteiger partial charge in [-0.05, 0) is 32.8 Å². The minimum absolute atomic E-state index is 0.0927. The van der Waals surface area contributed by atoms with Crippen LogP contribution in [0.1, 0.15) is 75.7 Å². The maximum Gasteiger partial charge on any atom is 0.170 e. The van der Waals surface area contributed by atoms with Crippen LogP contribution in [0.2, 0.25) is 0 Å². The Morgan fingerprint density at radius 3 is 2.09 bits per heavy atom. The number of hydrogen-bond acceptors (Lipinski definition) is 4. The van der Waals surface area contributed by atoms with Crippen molar-refractivity contribution in [3.63, 3.8) is 0 Å². The third-order valence-electron chi connectivity index (χ3n) is 3.92. The van der Waals surface area contributed by atoms with Crippen molar-refractivity contribution in [3.8, 4) is 17.2 Å². The second kappa shape index (κ2) is 7.87. The SMILES string of the molecule is CCCCCCC(=O)c1c(O)cc(O)c(C(C)=C(C)C)c1O. The van der Waals surface area contributed by atoms with Gasteiger partial charge in [0.25, 0.3) is 0 Å². The molecule has 122 valence electrons.